The fraction of sp³-hybridized carbons (Fsp3) is 0.471. The molecule has 0 spiro atoms. The maximum atomic E-state index is 14.0. The van der Waals surface area contributed by atoms with Crippen LogP contribution in [0.5, 0.6) is 11.6 Å². The number of ether oxygens (including phenoxy) is 2. The van der Waals surface area contributed by atoms with E-state index in [1.165, 1.54) is 0 Å². The predicted octanol–water partition coefficient (Wildman–Crippen LogP) is 6.05. The van der Waals surface area contributed by atoms with Crippen molar-refractivity contribution >= 4 is 23.4 Å². The molecular formula is C34H42N4O5. The zero-order chi connectivity index (χ0) is 30.3. The lowest BCUT2D eigenvalue weighted by Gasteiger charge is -2.35. The van der Waals surface area contributed by atoms with E-state index in [0.717, 1.165) is 50.0 Å². The molecule has 1 unspecified atom stereocenters. The van der Waals surface area contributed by atoms with Gasteiger partial charge in [-0.1, -0.05) is 19.9 Å². The van der Waals surface area contributed by atoms with Crippen molar-refractivity contribution in [2.75, 3.05) is 43.2 Å². The Bertz CT molecular complexity index is 1390. The predicted molar refractivity (Wildman–Crippen MR) is 166 cm³/mol. The standard InChI is InChI=1S/C34H42N4O5/c1-23(2)21-38(31-6-4-5-14-35-31)34(41)28-10-9-27(42-3)19-30(28)37-16-12-24(13-17-37)22-43-32-18-26(11-15-36-32)29(20-33(39)40)25-7-8-25/h4-6,9-11,14-15,18-19,23-25,29H,7-8,12-13,16-17,20-22H2,1-3H3,(H,39,40). The molecule has 228 valence electrons. The highest BCUT2D eigenvalue weighted by Crippen LogP contribution is 2.45. The molecule has 3 heterocycles. The highest BCUT2D eigenvalue weighted by molar-refractivity contribution is 6.09. The number of hydrogen-bond donors (Lipinski definition) is 1. The first-order valence-electron chi connectivity index (χ1n) is 15.3. The van der Waals surface area contributed by atoms with Gasteiger partial charge in [0.2, 0.25) is 5.88 Å². The lowest BCUT2D eigenvalue weighted by atomic mass is 9.92. The van der Waals surface area contributed by atoms with Gasteiger partial charge in [-0.2, -0.15) is 0 Å². The van der Waals surface area contributed by atoms with Gasteiger partial charge in [0.05, 0.1) is 31.4 Å². The number of carboxylic acid groups (broad SMARTS) is 1. The molecule has 1 atom stereocenters. The van der Waals surface area contributed by atoms with Gasteiger partial charge < -0.3 is 19.5 Å². The van der Waals surface area contributed by atoms with Crippen molar-refractivity contribution < 1.29 is 24.2 Å². The van der Waals surface area contributed by atoms with Crippen LogP contribution in [0.2, 0.25) is 0 Å². The van der Waals surface area contributed by atoms with Gasteiger partial charge in [-0.3, -0.25) is 14.5 Å². The molecule has 9 heteroatoms. The summed E-state index contributed by atoms with van der Waals surface area (Å²) in [6.45, 7) is 6.86. The first kappa shape index (κ1) is 30.3. The molecule has 1 N–H and O–H groups in total. The topological polar surface area (TPSA) is 105 Å². The number of amides is 1. The lowest BCUT2D eigenvalue weighted by molar-refractivity contribution is -0.137. The molecule has 2 aromatic heterocycles. The van der Waals surface area contributed by atoms with E-state index in [2.05, 4.69) is 28.7 Å². The molecule has 2 aliphatic rings. The Kier molecular flexibility index (Phi) is 9.79. The Morgan fingerprint density at radius 2 is 1.81 bits per heavy atom. The maximum Gasteiger partial charge on any atom is 0.303 e. The molecule has 1 saturated carbocycles. The number of pyridine rings is 2. The van der Waals surface area contributed by atoms with E-state index in [4.69, 9.17) is 9.47 Å². The van der Waals surface area contributed by atoms with Gasteiger partial charge >= 0.3 is 5.97 Å². The molecular weight excluding hydrogens is 544 g/mol. The molecule has 9 nitrogen and oxygen atoms in total. The van der Waals surface area contributed by atoms with E-state index in [1.807, 2.05) is 48.5 Å². The van der Waals surface area contributed by atoms with E-state index in [9.17, 15) is 14.7 Å². The first-order valence-corrected chi connectivity index (χ1v) is 15.3. The number of hydrogen-bond acceptors (Lipinski definition) is 7. The molecule has 1 aromatic carbocycles. The number of carbonyl (C=O) groups is 2. The minimum absolute atomic E-state index is 0.0139. The minimum atomic E-state index is -0.770. The average Bonchev–Trinajstić information content (AvgIpc) is 3.87. The maximum absolute atomic E-state index is 14.0. The Morgan fingerprint density at radius 3 is 2.47 bits per heavy atom. The summed E-state index contributed by atoms with van der Waals surface area (Å²) in [5.74, 6) is 2.13. The summed E-state index contributed by atoms with van der Waals surface area (Å²) in [5, 5.41) is 9.38. The zero-order valence-corrected chi connectivity index (χ0v) is 25.3. The van der Waals surface area contributed by atoms with E-state index in [-0.39, 0.29) is 24.2 Å². The average molecular weight is 587 g/mol. The fourth-order valence-corrected chi connectivity index (χ4v) is 5.91. The number of aliphatic carboxylic acids is 1. The minimum Gasteiger partial charge on any atom is -0.497 e. The Labute approximate surface area is 253 Å². The van der Waals surface area contributed by atoms with Crippen LogP contribution in [0.1, 0.15) is 67.8 Å². The molecule has 1 aliphatic carbocycles. The largest absolute Gasteiger partial charge is 0.497 e. The number of carbonyl (C=O) groups excluding carboxylic acids is 1. The van der Waals surface area contributed by atoms with Crippen LogP contribution in [-0.4, -0.2) is 60.3 Å². The summed E-state index contributed by atoms with van der Waals surface area (Å²) >= 11 is 0. The Morgan fingerprint density at radius 1 is 1.02 bits per heavy atom. The second-order valence-electron chi connectivity index (χ2n) is 12.1. The summed E-state index contributed by atoms with van der Waals surface area (Å²) in [7, 11) is 1.64. The number of benzene rings is 1. The van der Waals surface area contributed by atoms with Crippen molar-refractivity contribution in [3.05, 3.63) is 72.1 Å². The number of methoxy groups -OCH3 is 1. The third-order valence-electron chi connectivity index (χ3n) is 8.35. The van der Waals surface area contributed by atoms with Crippen molar-refractivity contribution in [2.24, 2.45) is 17.8 Å². The van der Waals surface area contributed by atoms with E-state index >= 15 is 0 Å². The van der Waals surface area contributed by atoms with E-state index in [1.54, 1.807) is 24.4 Å². The summed E-state index contributed by atoms with van der Waals surface area (Å²) in [6, 6.07) is 15.1. The smallest absolute Gasteiger partial charge is 0.303 e. The molecule has 0 bridgehead atoms. The summed E-state index contributed by atoms with van der Waals surface area (Å²) in [6.07, 6.45) is 7.54. The second kappa shape index (κ2) is 13.9. The van der Waals surface area contributed by atoms with Gasteiger partial charge in [-0.15, -0.1) is 0 Å². The third-order valence-corrected chi connectivity index (χ3v) is 8.35. The number of nitrogens with zero attached hydrogens (tertiary/aromatic N) is 4. The van der Waals surface area contributed by atoms with Crippen molar-refractivity contribution in [1.29, 1.82) is 0 Å². The second-order valence-corrected chi connectivity index (χ2v) is 12.1. The highest BCUT2D eigenvalue weighted by atomic mass is 16.5. The number of aromatic nitrogens is 2. The first-order chi connectivity index (χ1) is 20.8. The number of anilines is 2. The number of carboxylic acids is 1. The van der Waals surface area contributed by atoms with Gasteiger partial charge in [0, 0.05) is 44.2 Å². The van der Waals surface area contributed by atoms with Crippen LogP contribution in [0.4, 0.5) is 11.5 Å². The lowest BCUT2D eigenvalue weighted by Crippen LogP contribution is -2.39. The highest BCUT2D eigenvalue weighted by Gasteiger charge is 2.34. The fourth-order valence-electron chi connectivity index (χ4n) is 5.91. The van der Waals surface area contributed by atoms with Crippen LogP contribution in [0, 0.1) is 17.8 Å². The van der Waals surface area contributed by atoms with Crippen molar-refractivity contribution in [3.63, 3.8) is 0 Å². The quantitative estimate of drug-likeness (QED) is 0.258. The van der Waals surface area contributed by atoms with Crippen molar-refractivity contribution in [1.82, 2.24) is 9.97 Å². The van der Waals surface area contributed by atoms with Crippen LogP contribution in [0.3, 0.4) is 0 Å². The van der Waals surface area contributed by atoms with Crippen LogP contribution >= 0.6 is 0 Å². The third kappa shape index (κ3) is 7.83. The van der Waals surface area contributed by atoms with Gasteiger partial charge in [-0.25, -0.2) is 9.97 Å². The molecule has 1 saturated heterocycles. The van der Waals surface area contributed by atoms with Crippen LogP contribution in [-0.2, 0) is 4.79 Å². The number of piperidine rings is 1. The summed E-state index contributed by atoms with van der Waals surface area (Å²) in [5.41, 5.74) is 2.50. The van der Waals surface area contributed by atoms with E-state index in [0.29, 0.717) is 48.0 Å². The summed E-state index contributed by atoms with van der Waals surface area (Å²) in [4.78, 5) is 38.3. The zero-order valence-electron chi connectivity index (χ0n) is 25.3. The molecule has 2 fully saturated rings. The van der Waals surface area contributed by atoms with Gasteiger partial charge in [-0.05, 0) is 85.3 Å². The van der Waals surface area contributed by atoms with Gasteiger partial charge in [0.1, 0.15) is 11.6 Å². The molecule has 1 amide bonds. The van der Waals surface area contributed by atoms with Gasteiger partial charge in [0.25, 0.3) is 5.91 Å². The molecule has 0 radical (unpaired) electrons. The summed E-state index contributed by atoms with van der Waals surface area (Å²) < 4.78 is 11.7. The monoisotopic (exact) mass is 586 g/mol. The van der Waals surface area contributed by atoms with Crippen molar-refractivity contribution in [2.45, 2.75) is 51.9 Å². The molecule has 1 aliphatic heterocycles. The molecule has 43 heavy (non-hydrogen) atoms. The Hall–Kier alpha value is -4.14. The van der Waals surface area contributed by atoms with Gasteiger partial charge in [0.15, 0.2) is 0 Å². The number of rotatable bonds is 13. The Balaban J connectivity index is 1.25. The SMILES string of the molecule is COc1ccc(C(=O)N(CC(C)C)c2ccccn2)c(N2CCC(COc3cc(C(CC(=O)O)C4CC4)ccn3)CC2)c1. The normalized spacial score (nSPS) is 16.1. The van der Waals surface area contributed by atoms with Crippen molar-refractivity contribution in [3.8, 4) is 11.6 Å². The molecule has 5 rings (SSSR count). The van der Waals surface area contributed by atoms with E-state index < -0.39 is 5.97 Å². The van der Waals surface area contributed by atoms with Crippen LogP contribution in [0.15, 0.2) is 60.9 Å². The van der Waals surface area contributed by atoms with Crippen LogP contribution in [0.25, 0.3) is 0 Å². The molecule has 3 aromatic rings. The van der Waals surface area contributed by atoms with Crippen LogP contribution < -0.4 is 19.3 Å².